The van der Waals surface area contributed by atoms with E-state index in [2.05, 4.69) is 6.92 Å². The number of hydrogen-bond acceptors (Lipinski definition) is 2. The highest BCUT2D eigenvalue weighted by Crippen LogP contribution is 2.06. The van der Waals surface area contributed by atoms with E-state index in [0.717, 1.165) is 23.2 Å². The molecule has 0 radical (unpaired) electrons. The van der Waals surface area contributed by atoms with Gasteiger partial charge >= 0.3 is 0 Å². The van der Waals surface area contributed by atoms with Crippen LogP contribution < -0.4 is 5.73 Å². The van der Waals surface area contributed by atoms with Crippen LogP contribution in [0.4, 0.5) is 5.69 Å². The molecule has 2 nitrogen and oxygen atoms in total. The van der Waals surface area contributed by atoms with Gasteiger partial charge in [0.05, 0.1) is 0 Å². The Labute approximate surface area is 115 Å². The summed E-state index contributed by atoms with van der Waals surface area (Å²) in [5.74, 6) is 0.132. The van der Waals surface area contributed by atoms with Gasteiger partial charge in [-0.1, -0.05) is 49.4 Å². The highest BCUT2D eigenvalue weighted by molar-refractivity contribution is 5.93. The molecular weight excluding hydrogens is 234 g/mol. The van der Waals surface area contributed by atoms with Gasteiger partial charge in [0.2, 0.25) is 0 Å². The SMILES string of the molecule is CCc1ccc(C(C)=O)cc1.Cc1ccccc1N. The normalized spacial score (nSPS) is 9.42. The smallest absolute Gasteiger partial charge is 0.159 e. The first kappa shape index (κ1) is 15.0. The summed E-state index contributed by atoms with van der Waals surface area (Å²) < 4.78 is 0. The van der Waals surface area contributed by atoms with Gasteiger partial charge in [-0.3, -0.25) is 4.79 Å². The molecule has 0 aliphatic heterocycles. The zero-order valence-electron chi connectivity index (χ0n) is 11.8. The Morgan fingerprint density at radius 1 is 1.05 bits per heavy atom. The molecule has 2 aromatic carbocycles. The summed E-state index contributed by atoms with van der Waals surface area (Å²) in [5.41, 5.74) is 9.60. The number of benzene rings is 2. The van der Waals surface area contributed by atoms with Gasteiger partial charge in [-0.05, 0) is 37.5 Å². The third-order valence-electron chi connectivity index (χ3n) is 2.96. The van der Waals surface area contributed by atoms with Crippen LogP contribution in [-0.4, -0.2) is 5.78 Å². The molecule has 0 saturated carbocycles. The first-order chi connectivity index (χ1) is 9.04. The van der Waals surface area contributed by atoms with Crippen LogP contribution in [0.25, 0.3) is 0 Å². The van der Waals surface area contributed by atoms with Crippen molar-refractivity contribution >= 4 is 11.5 Å². The molecule has 100 valence electrons. The second kappa shape index (κ2) is 7.37. The fraction of sp³-hybridized carbons (Fsp3) is 0.235. The van der Waals surface area contributed by atoms with E-state index in [9.17, 15) is 4.79 Å². The van der Waals surface area contributed by atoms with Gasteiger partial charge < -0.3 is 5.73 Å². The Bertz CT molecular complexity index is 508. The number of nitrogen functional groups attached to an aromatic ring is 1. The number of anilines is 1. The molecule has 0 aromatic heterocycles. The molecule has 0 bridgehead atoms. The molecule has 2 N–H and O–H groups in total. The van der Waals surface area contributed by atoms with Crippen molar-refractivity contribution in [2.75, 3.05) is 5.73 Å². The van der Waals surface area contributed by atoms with E-state index in [0.29, 0.717) is 0 Å². The van der Waals surface area contributed by atoms with Crippen molar-refractivity contribution in [3.63, 3.8) is 0 Å². The third-order valence-corrected chi connectivity index (χ3v) is 2.96. The van der Waals surface area contributed by atoms with Crippen molar-refractivity contribution < 1.29 is 4.79 Å². The van der Waals surface area contributed by atoms with Crippen LogP contribution in [0.2, 0.25) is 0 Å². The molecule has 2 aromatic rings. The Kier molecular flexibility index (Phi) is 5.80. The van der Waals surface area contributed by atoms with E-state index in [4.69, 9.17) is 5.73 Å². The van der Waals surface area contributed by atoms with Gasteiger partial charge in [0.1, 0.15) is 0 Å². The Morgan fingerprint density at radius 2 is 1.63 bits per heavy atom. The number of Topliss-reactive ketones (excluding diaryl/α,β-unsaturated/α-hetero) is 1. The monoisotopic (exact) mass is 255 g/mol. The molecule has 2 heteroatoms. The Morgan fingerprint density at radius 3 is 2.00 bits per heavy atom. The quantitative estimate of drug-likeness (QED) is 0.650. The first-order valence-electron chi connectivity index (χ1n) is 6.45. The minimum Gasteiger partial charge on any atom is -0.399 e. The number of ketones is 1. The van der Waals surface area contributed by atoms with Crippen LogP contribution >= 0.6 is 0 Å². The maximum atomic E-state index is 10.8. The van der Waals surface area contributed by atoms with Crippen LogP contribution in [-0.2, 0) is 6.42 Å². The average molecular weight is 255 g/mol. The number of hydrogen-bond donors (Lipinski definition) is 1. The number of nitrogens with two attached hydrogens (primary N) is 1. The lowest BCUT2D eigenvalue weighted by Crippen LogP contribution is -1.91. The zero-order chi connectivity index (χ0) is 14.3. The molecule has 0 atom stereocenters. The molecule has 0 fully saturated rings. The standard InChI is InChI=1S/C10H12O.C7H9N/c1-3-9-4-6-10(7-5-9)8(2)11;1-6-4-2-3-5-7(6)8/h4-7H,3H2,1-2H3;2-5H,8H2,1H3. The highest BCUT2D eigenvalue weighted by atomic mass is 16.1. The Balaban J connectivity index is 0.000000200. The van der Waals surface area contributed by atoms with Crippen LogP contribution in [0, 0.1) is 6.92 Å². The summed E-state index contributed by atoms with van der Waals surface area (Å²) in [5, 5.41) is 0. The number of aryl methyl sites for hydroxylation is 2. The maximum absolute atomic E-state index is 10.8. The van der Waals surface area contributed by atoms with Gasteiger partial charge in [0.25, 0.3) is 0 Å². The lowest BCUT2D eigenvalue weighted by atomic mass is 10.1. The number of rotatable bonds is 2. The summed E-state index contributed by atoms with van der Waals surface area (Å²) in [6, 6.07) is 15.6. The van der Waals surface area contributed by atoms with Crippen molar-refractivity contribution in [3.8, 4) is 0 Å². The molecule has 0 heterocycles. The highest BCUT2D eigenvalue weighted by Gasteiger charge is 1.96. The molecule has 0 spiro atoms. The van der Waals surface area contributed by atoms with Gasteiger partial charge in [-0.15, -0.1) is 0 Å². The third kappa shape index (κ3) is 4.96. The number of carbonyl (C=O) groups excluding carboxylic acids is 1. The summed E-state index contributed by atoms with van der Waals surface area (Å²) in [6.07, 6.45) is 1.03. The lowest BCUT2D eigenvalue weighted by molar-refractivity contribution is 0.101. The van der Waals surface area contributed by atoms with E-state index in [-0.39, 0.29) is 5.78 Å². The minimum atomic E-state index is 0.132. The van der Waals surface area contributed by atoms with Crippen molar-refractivity contribution in [1.29, 1.82) is 0 Å². The molecule has 0 aliphatic rings. The van der Waals surface area contributed by atoms with E-state index in [1.807, 2.05) is 55.5 Å². The molecular formula is C17H21NO. The van der Waals surface area contributed by atoms with Gasteiger partial charge in [0, 0.05) is 11.3 Å². The molecule has 0 unspecified atom stereocenters. The lowest BCUT2D eigenvalue weighted by Gasteiger charge is -1.97. The molecule has 0 amide bonds. The predicted molar refractivity (Wildman–Crippen MR) is 81.4 cm³/mol. The van der Waals surface area contributed by atoms with E-state index < -0.39 is 0 Å². The molecule has 0 saturated heterocycles. The molecule has 19 heavy (non-hydrogen) atoms. The van der Waals surface area contributed by atoms with Crippen LogP contribution in [0.15, 0.2) is 48.5 Å². The summed E-state index contributed by atoms with van der Waals surface area (Å²) >= 11 is 0. The van der Waals surface area contributed by atoms with Crippen LogP contribution in [0.5, 0.6) is 0 Å². The van der Waals surface area contributed by atoms with Gasteiger partial charge in [0.15, 0.2) is 5.78 Å². The molecule has 2 rings (SSSR count). The van der Waals surface area contributed by atoms with Crippen molar-refractivity contribution in [2.24, 2.45) is 0 Å². The van der Waals surface area contributed by atoms with E-state index in [1.54, 1.807) is 6.92 Å². The van der Waals surface area contributed by atoms with E-state index >= 15 is 0 Å². The summed E-state index contributed by atoms with van der Waals surface area (Å²) in [7, 11) is 0. The first-order valence-corrected chi connectivity index (χ1v) is 6.45. The molecule has 0 aliphatic carbocycles. The topological polar surface area (TPSA) is 43.1 Å². The van der Waals surface area contributed by atoms with Gasteiger partial charge in [-0.2, -0.15) is 0 Å². The second-order valence-electron chi connectivity index (χ2n) is 4.46. The number of para-hydroxylation sites is 1. The summed E-state index contributed by atoms with van der Waals surface area (Å²) in [4.78, 5) is 10.8. The minimum absolute atomic E-state index is 0.132. The fourth-order valence-electron chi connectivity index (χ4n) is 1.56. The maximum Gasteiger partial charge on any atom is 0.159 e. The summed E-state index contributed by atoms with van der Waals surface area (Å²) in [6.45, 7) is 5.68. The zero-order valence-corrected chi connectivity index (χ0v) is 11.8. The van der Waals surface area contributed by atoms with Crippen LogP contribution in [0.1, 0.15) is 35.3 Å². The van der Waals surface area contributed by atoms with Crippen LogP contribution in [0.3, 0.4) is 0 Å². The fourth-order valence-corrected chi connectivity index (χ4v) is 1.56. The number of carbonyl (C=O) groups is 1. The Hall–Kier alpha value is -2.09. The second-order valence-corrected chi connectivity index (χ2v) is 4.46. The predicted octanol–water partition coefficient (Wildman–Crippen LogP) is 4.03. The average Bonchev–Trinajstić information content (AvgIpc) is 2.43. The van der Waals surface area contributed by atoms with Crippen molar-refractivity contribution in [2.45, 2.75) is 27.2 Å². The van der Waals surface area contributed by atoms with E-state index in [1.165, 1.54) is 5.56 Å². The van der Waals surface area contributed by atoms with Gasteiger partial charge in [-0.25, -0.2) is 0 Å². The largest absolute Gasteiger partial charge is 0.399 e. The van der Waals surface area contributed by atoms with Crippen molar-refractivity contribution in [1.82, 2.24) is 0 Å². The van der Waals surface area contributed by atoms with Crippen molar-refractivity contribution in [3.05, 3.63) is 65.2 Å².